The second kappa shape index (κ2) is 7.01. The van der Waals surface area contributed by atoms with Gasteiger partial charge in [-0.3, -0.25) is 0 Å². The Hall–Kier alpha value is -0.730. The fraction of sp³-hybridized carbons (Fsp3) is 0.933. The summed E-state index contributed by atoms with van der Waals surface area (Å²) in [4.78, 5) is 7.12. The van der Waals surface area contributed by atoms with Gasteiger partial charge in [-0.2, -0.15) is 0 Å². The zero-order valence-corrected chi connectivity index (χ0v) is 12.1. The number of nitrogens with zero attached hydrogens (tertiary/aromatic N) is 2. The van der Waals surface area contributed by atoms with Crippen molar-refractivity contribution in [3.63, 3.8) is 0 Å². The van der Waals surface area contributed by atoms with Gasteiger partial charge in [0.1, 0.15) is 0 Å². The van der Waals surface area contributed by atoms with Gasteiger partial charge in [0.25, 0.3) is 0 Å². The third kappa shape index (κ3) is 4.18. The summed E-state index contributed by atoms with van der Waals surface area (Å²) in [6.45, 7) is 0. The lowest BCUT2D eigenvalue weighted by Crippen LogP contribution is -2.44. The normalized spacial score (nSPS) is 24.0. The summed E-state index contributed by atoms with van der Waals surface area (Å²) >= 11 is 0. The highest BCUT2D eigenvalue weighted by Gasteiger charge is 2.18. The topological polar surface area (TPSA) is 27.6 Å². The van der Waals surface area contributed by atoms with E-state index in [1.54, 1.807) is 0 Å². The first-order chi connectivity index (χ1) is 8.75. The molecule has 0 aromatic heterocycles. The Balaban J connectivity index is 1.91. The average molecular weight is 251 g/mol. The van der Waals surface area contributed by atoms with Gasteiger partial charge in [-0.05, 0) is 25.7 Å². The molecule has 0 unspecified atom stereocenters. The standard InChI is InChI=1S/C15H29N3/c1-18(2)15(16-13-9-5-3-6-10-13)17-14-11-7-4-8-12-14/h13-14H,3-12H2,1-2H3,(H,16,17). The van der Waals surface area contributed by atoms with Crippen LogP contribution in [0.5, 0.6) is 0 Å². The van der Waals surface area contributed by atoms with Crippen molar-refractivity contribution in [3.05, 3.63) is 0 Å². The third-order valence-corrected chi connectivity index (χ3v) is 4.24. The lowest BCUT2D eigenvalue weighted by Gasteiger charge is -2.29. The summed E-state index contributed by atoms with van der Waals surface area (Å²) in [5, 5.41) is 3.68. The summed E-state index contributed by atoms with van der Waals surface area (Å²) < 4.78 is 0. The Kier molecular flexibility index (Phi) is 5.33. The van der Waals surface area contributed by atoms with Crippen LogP contribution in [-0.4, -0.2) is 37.0 Å². The van der Waals surface area contributed by atoms with Crippen LogP contribution >= 0.6 is 0 Å². The van der Waals surface area contributed by atoms with Crippen molar-refractivity contribution in [2.24, 2.45) is 4.99 Å². The molecule has 2 fully saturated rings. The molecule has 2 aliphatic carbocycles. The number of aliphatic imine (C=N–C) groups is 1. The van der Waals surface area contributed by atoms with Crippen LogP contribution in [0, 0.1) is 0 Å². The van der Waals surface area contributed by atoms with Crippen LogP contribution in [0.4, 0.5) is 0 Å². The predicted octanol–water partition coefficient (Wildman–Crippen LogP) is 3.16. The molecule has 0 radical (unpaired) electrons. The van der Waals surface area contributed by atoms with Gasteiger partial charge in [0.2, 0.25) is 0 Å². The lowest BCUT2D eigenvalue weighted by atomic mass is 9.95. The maximum Gasteiger partial charge on any atom is 0.193 e. The molecule has 2 aliphatic rings. The predicted molar refractivity (Wildman–Crippen MR) is 78.0 cm³/mol. The van der Waals surface area contributed by atoms with Gasteiger partial charge in [0, 0.05) is 20.1 Å². The molecular weight excluding hydrogens is 222 g/mol. The van der Waals surface area contributed by atoms with E-state index in [0.29, 0.717) is 12.1 Å². The highest BCUT2D eigenvalue weighted by Crippen LogP contribution is 2.21. The lowest BCUT2D eigenvalue weighted by molar-refractivity contribution is 0.391. The average Bonchev–Trinajstić information content (AvgIpc) is 2.40. The minimum atomic E-state index is 0.562. The summed E-state index contributed by atoms with van der Waals surface area (Å²) in [6.07, 6.45) is 13.5. The van der Waals surface area contributed by atoms with E-state index in [9.17, 15) is 0 Å². The first kappa shape index (κ1) is 13.7. The molecule has 0 aromatic carbocycles. The highest BCUT2D eigenvalue weighted by atomic mass is 15.3. The second-order valence-corrected chi connectivity index (χ2v) is 6.12. The van der Waals surface area contributed by atoms with E-state index in [1.807, 2.05) is 0 Å². The molecule has 0 atom stereocenters. The number of rotatable bonds is 2. The van der Waals surface area contributed by atoms with Crippen LogP contribution in [0.2, 0.25) is 0 Å². The minimum Gasteiger partial charge on any atom is -0.354 e. The van der Waals surface area contributed by atoms with Gasteiger partial charge in [-0.25, -0.2) is 4.99 Å². The Labute approximate surface area is 112 Å². The van der Waals surface area contributed by atoms with Crippen molar-refractivity contribution < 1.29 is 0 Å². The molecule has 0 saturated heterocycles. The van der Waals surface area contributed by atoms with Gasteiger partial charge in [-0.15, -0.1) is 0 Å². The van der Waals surface area contributed by atoms with E-state index >= 15 is 0 Å². The van der Waals surface area contributed by atoms with E-state index in [2.05, 4.69) is 24.3 Å². The number of hydrogen-bond donors (Lipinski definition) is 1. The van der Waals surface area contributed by atoms with Crippen molar-refractivity contribution in [1.29, 1.82) is 0 Å². The molecule has 3 heteroatoms. The molecule has 2 saturated carbocycles. The molecular formula is C15H29N3. The molecule has 0 heterocycles. The van der Waals surface area contributed by atoms with Crippen LogP contribution < -0.4 is 5.32 Å². The van der Waals surface area contributed by atoms with E-state index in [0.717, 1.165) is 5.96 Å². The molecule has 3 nitrogen and oxygen atoms in total. The molecule has 104 valence electrons. The Morgan fingerprint density at radius 1 is 0.889 bits per heavy atom. The SMILES string of the molecule is CN(C)C(=NC1CCCCC1)NC1CCCCC1. The molecule has 1 N–H and O–H groups in total. The van der Waals surface area contributed by atoms with Crippen molar-refractivity contribution in [1.82, 2.24) is 10.2 Å². The van der Waals surface area contributed by atoms with E-state index in [1.165, 1.54) is 64.2 Å². The fourth-order valence-corrected chi connectivity index (χ4v) is 3.09. The van der Waals surface area contributed by atoms with E-state index < -0.39 is 0 Å². The molecule has 0 aromatic rings. The van der Waals surface area contributed by atoms with Crippen LogP contribution in [0.1, 0.15) is 64.2 Å². The summed E-state index contributed by atoms with van der Waals surface area (Å²) in [6, 6.07) is 1.22. The smallest absolute Gasteiger partial charge is 0.193 e. The van der Waals surface area contributed by atoms with E-state index in [4.69, 9.17) is 4.99 Å². The second-order valence-electron chi connectivity index (χ2n) is 6.12. The Bertz CT molecular complexity index is 261. The summed E-state index contributed by atoms with van der Waals surface area (Å²) in [5.74, 6) is 1.12. The van der Waals surface area contributed by atoms with Gasteiger partial charge in [0.15, 0.2) is 5.96 Å². The van der Waals surface area contributed by atoms with Gasteiger partial charge < -0.3 is 10.2 Å². The zero-order chi connectivity index (χ0) is 12.8. The number of nitrogens with one attached hydrogen (secondary N) is 1. The van der Waals surface area contributed by atoms with Crippen molar-refractivity contribution in [3.8, 4) is 0 Å². The summed E-state index contributed by atoms with van der Waals surface area (Å²) in [7, 11) is 4.22. The Morgan fingerprint density at radius 2 is 1.44 bits per heavy atom. The van der Waals surface area contributed by atoms with Crippen LogP contribution in [0.25, 0.3) is 0 Å². The zero-order valence-electron chi connectivity index (χ0n) is 12.1. The van der Waals surface area contributed by atoms with Crippen LogP contribution in [0.15, 0.2) is 4.99 Å². The third-order valence-electron chi connectivity index (χ3n) is 4.24. The van der Waals surface area contributed by atoms with E-state index in [-0.39, 0.29) is 0 Å². The van der Waals surface area contributed by atoms with Crippen molar-refractivity contribution >= 4 is 5.96 Å². The molecule has 0 spiro atoms. The molecule has 0 amide bonds. The Morgan fingerprint density at radius 3 is 2.00 bits per heavy atom. The van der Waals surface area contributed by atoms with Gasteiger partial charge in [-0.1, -0.05) is 38.5 Å². The molecule has 0 bridgehead atoms. The number of hydrogen-bond acceptors (Lipinski definition) is 1. The molecule has 0 aliphatic heterocycles. The first-order valence-electron chi connectivity index (χ1n) is 7.77. The highest BCUT2D eigenvalue weighted by molar-refractivity contribution is 5.80. The fourth-order valence-electron chi connectivity index (χ4n) is 3.09. The van der Waals surface area contributed by atoms with Crippen molar-refractivity contribution in [2.75, 3.05) is 14.1 Å². The molecule has 2 rings (SSSR count). The summed E-state index contributed by atoms with van der Waals surface area (Å²) in [5.41, 5.74) is 0. The maximum atomic E-state index is 4.96. The number of guanidine groups is 1. The van der Waals surface area contributed by atoms with Crippen LogP contribution in [-0.2, 0) is 0 Å². The van der Waals surface area contributed by atoms with Gasteiger partial charge >= 0.3 is 0 Å². The maximum absolute atomic E-state index is 4.96. The quantitative estimate of drug-likeness (QED) is 0.603. The minimum absolute atomic E-state index is 0.562. The van der Waals surface area contributed by atoms with Gasteiger partial charge in [0.05, 0.1) is 6.04 Å². The van der Waals surface area contributed by atoms with Crippen LogP contribution in [0.3, 0.4) is 0 Å². The monoisotopic (exact) mass is 251 g/mol. The largest absolute Gasteiger partial charge is 0.354 e. The first-order valence-corrected chi connectivity index (χ1v) is 7.77. The van der Waals surface area contributed by atoms with Crippen molar-refractivity contribution in [2.45, 2.75) is 76.3 Å². The molecule has 18 heavy (non-hydrogen) atoms.